The molecule has 0 amide bonds. The summed E-state index contributed by atoms with van der Waals surface area (Å²) in [5.41, 5.74) is 7.32. The van der Waals surface area contributed by atoms with Gasteiger partial charge in [-0.05, 0) is 29.8 Å². The Morgan fingerprint density at radius 1 is 1.00 bits per heavy atom. The second-order valence-electron chi connectivity index (χ2n) is 3.61. The van der Waals surface area contributed by atoms with Crippen molar-refractivity contribution in [3.63, 3.8) is 0 Å². The Balaban J connectivity index is 2.04. The molecule has 0 fully saturated rings. The van der Waals surface area contributed by atoms with Crippen LogP contribution < -0.4 is 5.73 Å². The van der Waals surface area contributed by atoms with E-state index < -0.39 is 11.6 Å². The van der Waals surface area contributed by atoms with Crippen LogP contribution in [0.1, 0.15) is 5.56 Å². The third-order valence-electron chi connectivity index (χ3n) is 2.27. The number of hydrogen-bond acceptors (Lipinski definition) is 2. The monoisotopic (exact) mass is 251 g/mol. The molecular formula is C13H11F2NS. The zero-order chi connectivity index (χ0) is 12.3. The molecule has 0 aliphatic carbocycles. The van der Waals surface area contributed by atoms with E-state index in [1.807, 2.05) is 12.1 Å². The zero-order valence-electron chi connectivity index (χ0n) is 8.99. The summed E-state index contributed by atoms with van der Waals surface area (Å²) in [7, 11) is 0. The van der Waals surface area contributed by atoms with E-state index in [-0.39, 0.29) is 0 Å². The second kappa shape index (κ2) is 5.19. The predicted molar refractivity (Wildman–Crippen MR) is 66.8 cm³/mol. The van der Waals surface area contributed by atoms with Crippen molar-refractivity contribution in [1.29, 1.82) is 0 Å². The van der Waals surface area contributed by atoms with Gasteiger partial charge >= 0.3 is 0 Å². The van der Waals surface area contributed by atoms with Crippen molar-refractivity contribution in [1.82, 2.24) is 0 Å². The summed E-state index contributed by atoms with van der Waals surface area (Å²) in [5, 5.41) is 0. The molecule has 2 N–H and O–H groups in total. The fraction of sp³-hybridized carbons (Fsp3) is 0.0769. The first-order valence-corrected chi connectivity index (χ1v) is 6.06. The smallest absolute Gasteiger partial charge is 0.139 e. The highest BCUT2D eigenvalue weighted by molar-refractivity contribution is 7.98. The lowest BCUT2D eigenvalue weighted by Gasteiger charge is -2.04. The van der Waals surface area contributed by atoms with Crippen molar-refractivity contribution in [2.24, 2.45) is 0 Å². The largest absolute Gasteiger partial charge is 0.399 e. The van der Waals surface area contributed by atoms with Gasteiger partial charge in [0, 0.05) is 22.4 Å². The lowest BCUT2D eigenvalue weighted by atomic mass is 10.2. The summed E-state index contributed by atoms with van der Waals surface area (Å²) in [4.78, 5) is 0.447. The number of benzene rings is 2. The van der Waals surface area contributed by atoms with Crippen LogP contribution in [0.5, 0.6) is 0 Å². The number of halogens is 2. The number of anilines is 1. The van der Waals surface area contributed by atoms with Crippen LogP contribution in [-0.2, 0) is 5.75 Å². The van der Waals surface area contributed by atoms with Crippen molar-refractivity contribution < 1.29 is 8.78 Å². The fourth-order valence-corrected chi connectivity index (χ4v) is 2.24. The van der Waals surface area contributed by atoms with Gasteiger partial charge in [-0.2, -0.15) is 0 Å². The third-order valence-corrected chi connectivity index (χ3v) is 3.39. The standard InChI is InChI=1S/C13H11F2NS/c14-10-3-6-13(12(15)7-10)17-8-9-1-4-11(16)5-2-9/h1-7H,8,16H2. The highest BCUT2D eigenvalue weighted by atomic mass is 32.2. The van der Waals surface area contributed by atoms with E-state index in [0.717, 1.165) is 11.6 Å². The van der Waals surface area contributed by atoms with Gasteiger partial charge in [0.05, 0.1) is 0 Å². The zero-order valence-corrected chi connectivity index (χ0v) is 9.81. The molecule has 0 spiro atoms. The molecule has 0 saturated heterocycles. The van der Waals surface area contributed by atoms with Crippen LogP contribution in [0.25, 0.3) is 0 Å². The minimum absolute atomic E-state index is 0.447. The fourth-order valence-electron chi connectivity index (χ4n) is 1.37. The molecule has 2 aromatic rings. The van der Waals surface area contributed by atoms with Crippen LogP contribution >= 0.6 is 11.8 Å². The number of hydrogen-bond donors (Lipinski definition) is 1. The van der Waals surface area contributed by atoms with Crippen LogP contribution in [-0.4, -0.2) is 0 Å². The van der Waals surface area contributed by atoms with Gasteiger partial charge in [-0.15, -0.1) is 11.8 Å². The first-order valence-electron chi connectivity index (χ1n) is 5.07. The minimum atomic E-state index is -0.556. The SMILES string of the molecule is Nc1ccc(CSc2ccc(F)cc2F)cc1. The van der Waals surface area contributed by atoms with Crippen molar-refractivity contribution in [2.45, 2.75) is 10.6 Å². The molecule has 17 heavy (non-hydrogen) atoms. The number of nitrogen functional groups attached to an aromatic ring is 1. The second-order valence-corrected chi connectivity index (χ2v) is 4.62. The molecule has 0 saturated carbocycles. The molecule has 1 nitrogen and oxygen atoms in total. The quantitative estimate of drug-likeness (QED) is 0.662. The Hall–Kier alpha value is -1.55. The lowest BCUT2D eigenvalue weighted by Crippen LogP contribution is -1.87. The maximum Gasteiger partial charge on any atom is 0.139 e. The summed E-state index contributed by atoms with van der Waals surface area (Å²) in [6.07, 6.45) is 0. The van der Waals surface area contributed by atoms with Crippen molar-refractivity contribution in [3.05, 3.63) is 59.7 Å². The van der Waals surface area contributed by atoms with E-state index in [1.165, 1.54) is 23.9 Å². The first-order chi connectivity index (χ1) is 8.15. The highest BCUT2D eigenvalue weighted by Crippen LogP contribution is 2.26. The Kier molecular flexibility index (Phi) is 3.64. The summed E-state index contributed by atoms with van der Waals surface area (Å²) in [5.74, 6) is -0.451. The maximum atomic E-state index is 13.3. The van der Waals surface area contributed by atoms with E-state index in [9.17, 15) is 8.78 Å². The van der Waals surface area contributed by atoms with Gasteiger partial charge in [-0.25, -0.2) is 8.78 Å². The number of rotatable bonds is 3. The topological polar surface area (TPSA) is 26.0 Å². The predicted octanol–water partition coefficient (Wildman–Crippen LogP) is 3.84. The van der Waals surface area contributed by atoms with Gasteiger partial charge in [0.2, 0.25) is 0 Å². The summed E-state index contributed by atoms with van der Waals surface area (Å²) in [6, 6.07) is 11.0. The molecule has 0 radical (unpaired) electrons. The molecule has 0 heterocycles. The van der Waals surface area contributed by atoms with Gasteiger partial charge in [0.1, 0.15) is 11.6 Å². The first kappa shape index (κ1) is 11.9. The van der Waals surface area contributed by atoms with Crippen LogP contribution in [0, 0.1) is 11.6 Å². The highest BCUT2D eigenvalue weighted by Gasteiger charge is 2.04. The Morgan fingerprint density at radius 2 is 1.71 bits per heavy atom. The van der Waals surface area contributed by atoms with Crippen molar-refractivity contribution in [2.75, 3.05) is 5.73 Å². The summed E-state index contributed by atoms with van der Waals surface area (Å²) < 4.78 is 26.0. The maximum absolute atomic E-state index is 13.3. The van der Waals surface area contributed by atoms with Crippen LogP contribution in [0.2, 0.25) is 0 Å². The van der Waals surface area contributed by atoms with Gasteiger partial charge in [-0.3, -0.25) is 0 Å². The van der Waals surface area contributed by atoms with Crippen LogP contribution in [0.3, 0.4) is 0 Å². The summed E-state index contributed by atoms with van der Waals surface area (Å²) in [6.45, 7) is 0. The molecule has 2 rings (SSSR count). The lowest BCUT2D eigenvalue weighted by molar-refractivity contribution is 0.565. The van der Waals surface area contributed by atoms with Crippen LogP contribution in [0.15, 0.2) is 47.4 Å². The molecule has 0 bridgehead atoms. The Labute approximate surface area is 103 Å². The molecule has 0 aliphatic heterocycles. The number of thioether (sulfide) groups is 1. The van der Waals surface area contributed by atoms with E-state index in [0.29, 0.717) is 16.3 Å². The van der Waals surface area contributed by atoms with Gasteiger partial charge < -0.3 is 5.73 Å². The molecule has 0 aliphatic rings. The Morgan fingerprint density at radius 3 is 2.35 bits per heavy atom. The molecule has 4 heteroatoms. The molecule has 2 aromatic carbocycles. The molecule has 0 unspecified atom stereocenters. The average Bonchev–Trinajstić information content (AvgIpc) is 2.30. The third kappa shape index (κ3) is 3.20. The minimum Gasteiger partial charge on any atom is -0.399 e. The van der Waals surface area contributed by atoms with Gasteiger partial charge in [-0.1, -0.05) is 12.1 Å². The average molecular weight is 251 g/mol. The molecule has 0 aromatic heterocycles. The van der Waals surface area contributed by atoms with E-state index >= 15 is 0 Å². The van der Waals surface area contributed by atoms with Crippen LogP contribution in [0.4, 0.5) is 14.5 Å². The van der Waals surface area contributed by atoms with Crippen molar-refractivity contribution in [3.8, 4) is 0 Å². The van der Waals surface area contributed by atoms with Crippen molar-refractivity contribution >= 4 is 17.4 Å². The van der Waals surface area contributed by atoms with Gasteiger partial charge in [0.15, 0.2) is 0 Å². The van der Waals surface area contributed by atoms with Gasteiger partial charge in [0.25, 0.3) is 0 Å². The van der Waals surface area contributed by atoms with E-state index in [1.54, 1.807) is 12.1 Å². The number of nitrogens with two attached hydrogens (primary N) is 1. The Bertz CT molecular complexity index is 511. The normalized spacial score (nSPS) is 10.5. The summed E-state index contributed by atoms with van der Waals surface area (Å²) >= 11 is 1.33. The molecule has 88 valence electrons. The molecular weight excluding hydrogens is 240 g/mol. The molecule has 0 atom stereocenters. The van der Waals surface area contributed by atoms with E-state index in [4.69, 9.17) is 5.73 Å². The van der Waals surface area contributed by atoms with E-state index in [2.05, 4.69) is 0 Å².